The van der Waals surface area contributed by atoms with Crippen LogP contribution in [0.2, 0.25) is 0 Å². The maximum Gasteiger partial charge on any atom is 0.490 e. The molecule has 3 N–H and O–H groups in total. The fourth-order valence-electron chi connectivity index (χ4n) is 5.73. The van der Waals surface area contributed by atoms with Crippen molar-refractivity contribution in [2.45, 2.75) is 31.2 Å². The minimum absolute atomic E-state index is 0.181. The summed E-state index contributed by atoms with van der Waals surface area (Å²) < 4.78 is 42.3. The predicted octanol–water partition coefficient (Wildman–Crippen LogP) is 6.69. The predicted molar refractivity (Wildman–Crippen MR) is 161 cm³/mol. The van der Waals surface area contributed by atoms with Gasteiger partial charge >= 0.3 is 12.1 Å². The van der Waals surface area contributed by atoms with Crippen LogP contribution in [0.15, 0.2) is 97.2 Å². The Kier molecular flexibility index (Phi) is 7.09. The van der Waals surface area contributed by atoms with Crippen LogP contribution in [0, 0.1) is 0 Å². The number of carbonyl (C=O) groups is 1. The molecular formula is C34H25F3N6O2. The lowest BCUT2D eigenvalue weighted by Crippen LogP contribution is -2.29. The van der Waals surface area contributed by atoms with E-state index in [1.54, 1.807) is 18.3 Å². The van der Waals surface area contributed by atoms with Gasteiger partial charge in [-0.1, -0.05) is 78.9 Å². The molecule has 6 aromatic rings. The lowest BCUT2D eigenvalue weighted by Gasteiger charge is -2.16. The number of nitrogens with one attached hydrogen (secondary N) is 1. The Balaban J connectivity index is 1.25. The standard InChI is InChI=1S/C34H25F3N6O2/c35-34(36,37)33(44)45-30(38)21-12-10-20(11-13-21)28-25(19-6-2-1-3-7-19)18-26-27(40-28)14-15-39-29(26)32-41-31(42-43-32)24-16-22-8-4-5-9-23(22)17-24/h1-15,18,24,30H,16-17,38H2,(H,41,42,43). The van der Waals surface area contributed by atoms with E-state index < -0.39 is 18.4 Å². The number of ether oxygens (including phenoxy) is 1. The topological polar surface area (TPSA) is 120 Å². The first-order chi connectivity index (χ1) is 21.7. The molecule has 3 aromatic carbocycles. The lowest BCUT2D eigenvalue weighted by atomic mass is 9.96. The van der Waals surface area contributed by atoms with Crippen molar-refractivity contribution in [2.24, 2.45) is 5.73 Å². The number of benzene rings is 3. The number of esters is 1. The second-order valence-electron chi connectivity index (χ2n) is 10.8. The molecule has 0 radical (unpaired) electrons. The first kappa shape index (κ1) is 28.4. The van der Waals surface area contributed by atoms with Crippen LogP contribution in [0.3, 0.4) is 0 Å². The lowest BCUT2D eigenvalue weighted by molar-refractivity contribution is -0.205. The van der Waals surface area contributed by atoms with Crippen LogP contribution in [0.5, 0.6) is 0 Å². The molecular weight excluding hydrogens is 581 g/mol. The smallest absolute Gasteiger partial charge is 0.436 e. The Bertz CT molecular complexity index is 2000. The van der Waals surface area contributed by atoms with Crippen LogP contribution in [0.4, 0.5) is 13.2 Å². The molecule has 1 aliphatic rings. The summed E-state index contributed by atoms with van der Waals surface area (Å²) in [4.78, 5) is 25.8. The Hall–Kier alpha value is -5.42. The van der Waals surface area contributed by atoms with Crippen molar-refractivity contribution in [3.05, 3.63) is 120 Å². The largest absolute Gasteiger partial charge is 0.490 e. The van der Waals surface area contributed by atoms with Crippen LogP contribution in [-0.4, -0.2) is 37.3 Å². The number of rotatable bonds is 6. The van der Waals surface area contributed by atoms with Crippen molar-refractivity contribution >= 4 is 16.9 Å². The summed E-state index contributed by atoms with van der Waals surface area (Å²) in [5.74, 6) is -0.878. The van der Waals surface area contributed by atoms with Crippen molar-refractivity contribution in [1.29, 1.82) is 0 Å². The number of aromatic amines is 1. The van der Waals surface area contributed by atoms with Gasteiger partial charge in [-0.05, 0) is 41.7 Å². The van der Waals surface area contributed by atoms with Gasteiger partial charge in [0.05, 0.1) is 11.2 Å². The van der Waals surface area contributed by atoms with Crippen molar-refractivity contribution < 1.29 is 22.7 Å². The average Bonchev–Trinajstić information content (AvgIpc) is 3.72. The van der Waals surface area contributed by atoms with E-state index in [1.165, 1.54) is 23.3 Å². The fourth-order valence-corrected chi connectivity index (χ4v) is 5.73. The number of nitrogens with two attached hydrogens (primary N) is 1. The van der Waals surface area contributed by atoms with Gasteiger partial charge in [0.25, 0.3) is 0 Å². The molecule has 0 saturated heterocycles. The Morgan fingerprint density at radius 3 is 2.24 bits per heavy atom. The zero-order valence-electron chi connectivity index (χ0n) is 23.6. The van der Waals surface area contributed by atoms with E-state index >= 15 is 0 Å². The Labute approximate surface area is 255 Å². The average molecular weight is 607 g/mol. The number of nitrogens with zero attached hydrogens (tertiary/aromatic N) is 4. The van der Waals surface area contributed by atoms with Crippen LogP contribution < -0.4 is 5.73 Å². The van der Waals surface area contributed by atoms with Gasteiger partial charge in [0.15, 0.2) is 17.9 Å². The third kappa shape index (κ3) is 5.53. The molecule has 1 unspecified atom stereocenters. The number of aromatic nitrogens is 5. The van der Waals surface area contributed by atoms with Crippen LogP contribution in [0.25, 0.3) is 44.8 Å². The molecule has 0 bridgehead atoms. The number of halogens is 3. The van der Waals surface area contributed by atoms with E-state index in [0.29, 0.717) is 28.3 Å². The molecule has 0 aliphatic heterocycles. The summed E-state index contributed by atoms with van der Waals surface area (Å²) in [6, 6.07) is 28.3. The highest BCUT2D eigenvalue weighted by Gasteiger charge is 2.42. The molecule has 45 heavy (non-hydrogen) atoms. The molecule has 0 amide bonds. The highest BCUT2D eigenvalue weighted by atomic mass is 19.4. The number of alkyl halides is 3. The molecule has 1 aliphatic carbocycles. The summed E-state index contributed by atoms with van der Waals surface area (Å²) in [5.41, 5.74) is 12.9. The van der Waals surface area contributed by atoms with Gasteiger partial charge in [0.1, 0.15) is 5.69 Å². The maximum absolute atomic E-state index is 12.7. The van der Waals surface area contributed by atoms with Gasteiger partial charge in [0, 0.05) is 34.2 Å². The first-order valence-electron chi connectivity index (χ1n) is 14.2. The Morgan fingerprint density at radius 2 is 1.56 bits per heavy atom. The summed E-state index contributed by atoms with van der Waals surface area (Å²) in [6.07, 6.45) is -3.28. The number of hydrogen-bond acceptors (Lipinski definition) is 7. The number of fused-ring (bicyclic) bond motifs is 2. The van der Waals surface area contributed by atoms with E-state index in [-0.39, 0.29) is 11.5 Å². The van der Waals surface area contributed by atoms with Crippen LogP contribution >= 0.6 is 0 Å². The molecule has 11 heteroatoms. The molecule has 0 spiro atoms. The first-order valence-corrected chi connectivity index (χ1v) is 14.2. The normalized spacial score (nSPS) is 14.0. The highest BCUT2D eigenvalue weighted by molar-refractivity contribution is 5.97. The van der Waals surface area contributed by atoms with Crippen molar-refractivity contribution in [3.63, 3.8) is 0 Å². The van der Waals surface area contributed by atoms with Crippen molar-refractivity contribution in [3.8, 4) is 33.9 Å². The van der Waals surface area contributed by atoms with E-state index in [0.717, 1.165) is 35.2 Å². The van der Waals surface area contributed by atoms with Crippen molar-refractivity contribution in [1.82, 2.24) is 25.1 Å². The van der Waals surface area contributed by atoms with Gasteiger partial charge in [-0.2, -0.15) is 18.3 Å². The molecule has 0 fully saturated rings. The quantitative estimate of drug-likeness (QED) is 0.160. The molecule has 224 valence electrons. The number of carbonyl (C=O) groups excluding carboxylic acids is 1. The minimum Gasteiger partial charge on any atom is -0.436 e. The zero-order chi connectivity index (χ0) is 31.1. The second-order valence-corrected chi connectivity index (χ2v) is 10.8. The number of hydrogen-bond donors (Lipinski definition) is 2. The van der Waals surface area contributed by atoms with Crippen LogP contribution in [0.1, 0.15) is 34.7 Å². The summed E-state index contributed by atoms with van der Waals surface area (Å²) in [6.45, 7) is 0. The minimum atomic E-state index is -5.14. The molecule has 1 atom stereocenters. The van der Waals surface area contributed by atoms with Gasteiger partial charge in [0.2, 0.25) is 0 Å². The van der Waals surface area contributed by atoms with Crippen LogP contribution in [-0.2, 0) is 22.4 Å². The zero-order valence-corrected chi connectivity index (χ0v) is 23.6. The monoisotopic (exact) mass is 606 g/mol. The van der Waals surface area contributed by atoms with Gasteiger partial charge in [-0.15, -0.1) is 0 Å². The van der Waals surface area contributed by atoms with Gasteiger partial charge in [-0.3, -0.25) is 15.8 Å². The Morgan fingerprint density at radius 1 is 0.867 bits per heavy atom. The summed E-state index contributed by atoms with van der Waals surface area (Å²) in [7, 11) is 0. The SMILES string of the molecule is NC(OC(=O)C(F)(F)F)c1ccc(-c2nc3ccnc(-c4nc(C5Cc6ccccc6C5)n[nH]4)c3cc2-c2ccccc2)cc1. The second kappa shape index (κ2) is 11.3. The fraction of sp³-hybridized carbons (Fsp3) is 0.147. The number of H-pyrrole nitrogens is 1. The van der Waals surface area contributed by atoms with E-state index in [9.17, 15) is 18.0 Å². The maximum atomic E-state index is 12.7. The third-order valence-electron chi connectivity index (χ3n) is 7.95. The molecule has 7 rings (SSSR count). The van der Waals surface area contributed by atoms with Gasteiger partial charge < -0.3 is 4.74 Å². The molecule has 3 aromatic heterocycles. The third-order valence-corrected chi connectivity index (χ3v) is 7.95. The highest BCUT2D eigenvalue weighted by Crippen LogP contribution is 2.37. The van der Waals surface area contributed by atoms with E-state index in [1.807, 2.05) is 42.5 Å². The van der Waals surface area contributed by atoms with E-state index in [2.05, 4.69) is 44.2 Å². The van der Waals surface area contributed by atoms with E-state index in [4.69, 9.17) is 15.7 Å². The molecule has 3 heterocycles. The van der Waals surface area contributed by atoms with Crippen molar-refractivity contribution in [2.75, 3.05) is 0 Å². The van der Waals surface area contributed by atoms with Gasteiger partial charge in [-0.25, -0.2) is 14.8 Å². The summed E-state index contributed by atoms with van der Waals surface area (Å²) in [5, 5.41) is 8.43. The molecule has 8 nitrogen and oxygen atoms in total. The molecule has 0 saturated carbocycles. The number of pyridine rings is 2. The summed E-state index contributed by atoms with van der Waals surface area (Å²) >= 11 is 0.